The molecule has 0 atom stereocenters. The standard InChI is InChI=1S/C32H37ClN4O4/c1-18-13-23(14-19(2)31(18)33)41-12-8-11-25-24-9-7-10-26(30-21(4)36-37(6)22(30)5)27(24)15-28(25)32(40)35-17-29(39)34-16-20(3)38/h7,9-10,13-14H,8,11-12,15-17H2,1-6H3,(H,34,39)(H,35,40). The summed E-state index contributed by atoms with van der Waals surface area (Å²) in [7, 11) is 1.93. The number of rotatable bonds is 11. The Labute approximate surface area is 246 Å². The topological polar surface area (TPSA) is 102 Å². The van der Waals surface area contributed by atoms with Crippen molar-refractivity contribution in [2.45, 2.75) is 53.9 Å². The first-order valence-electron chi connectivity index (χ1n) is 13.8. The van der Waals surface area contributed by atoms with Crippen LogP contribution in [-0.4, -0.2) is 47.1 Å². The van der Waals surface area contributed by atoms with E-state index in [-0.39, 0.29) is 24.8 Å². The molecule has 0 bridgehead atoms. The second kappa shape index (κ2) is 12.7. The first-order chi connectivity index (χ1) is 19.5. The van der Waals surface area contributed by atoms with Crippen LogP contribution in [0.3, 0.4) is 0 Å². The number of nitrogens with one attached hydrogen (secondary N) is 2. The number of hydrogen-bond acceptors (Lipinski definition) is 5. The Morgan fingerprint density at radius 2 is 1.71 bits per heavy atom. The molecule has 41 heavy (non-hydrogen) atoms. The smallest absolute Gasteiger partial charge is 0.248 e. The number of halogens is 1. The average Bonchev–Trinajstić information content (AvgIpc) is 3.42. The molecule has 1 aliphatic rings. The second-order valence-electron chi connectivity index (χ2n) is 10.6. The van der Waals surface area contributed by atoms with Crippen LogP contribution in [0.5, 0.6) is 5.75 Å². The van der Waals surface area contributed by atoms with Crippen molar-refractivity contribution in [3.63, 3.8) is 0 Å². The van der Waals surface area contributed by atoms with Crippen molar-refractivity contribution >= 4 is 34.8 Å². The highest BCUT2D eigenvalue weighted by Crippen LogP contribution is 2.42. The molecular weight excluding hydrogens is 540 g/mol. The van der Waals surface area contributed by atoms with E-state index in [2.05, 4.69) is 27.9 Å². The molecule has 0 saturated heterocycles. The molecule has 0 radical (unpaired) electrons. The lowest BCUT2D eigenvalue weighted by atomic mass is 9.93. The number of aryl methyl sites for hydroxylation is 4. The largest absolute Gasteiger partial charge is 0.494 e. The number of ether oxygens (including phenoxy) is 1. The van der Waals surface area contributed by atoms with E-state index in [0.717, 1.165) is 61.1 Å². The summed E-state index contributed by atoms with van der Waals surface area (Å²) in [5.41, 5.74) is 9.77. The number of fused-ring (bicyclic) bond motifs is 1. The highest BCUT2D eigenvalue weighted by molar-refractivity contribution is 6.32. The van der Waals surface area contributed by atoms with Crippen molar-refractivity contribution in [3.05, 3.63) is 74.6 Å². The summed E-state index contributed by atoms with van der Waals surface area (Å²) in [6.07, 6.45) is 1.78. The summed E-state index contributed by atoms with van der Waals surface area (Å²) in [6.45, 7) is 9.56. The summed E-state index contributed by atoms with van der Waals surface area (Å²) < 4.78 is 7.92. The number of benzene rings is 2. The quantitative estimate of drug-likeness (QED) is 0.314. The van der Waals surface area contributed by atoms with Gasteiger partial charge in [0.15, 0.2) is 0 Å². The molecule has 1 heterocycles. The van der Waals surface area contributed by atoms with Gasteiger partial charge in [0.05, 0.1) is 25.4 Å². The third-order valence-corrected chi connectivity index (χ3v) is 8.06. The van der Waals surface area contributed by atoms with Gasteiger partial charge in [-0.15, -0.1) is 0 Å². The highest BCUT2D eigenvalue weighted by Gasteiger charge is 2.29. The van der Waals surface area contributed by atoms with E-state index < -0.39 is 5.91 Å². The summed E-state index contributed by atoms with van der Waals surface area (Å²) in [4.78, 5) is 36.8. The fourth-order valence-electron chi connectivity index (χ4n) is 5.39. The second-order valence-corrected chi connectivity index (χ2v) is 11.0. The summed E-state index contributed by atoms with van der Waals surface area (Å²) in [6, 6.07) is 10.0. The van der Waals surface area contributed by atoms with Gasteiger partial charge in [-0.3, -0.25) is 19.1 Å². The number of ketones is 1. The molecule has 0 saturated carbocycles. The van der Waals surface area contributed by atoms with E-state index in [9.17, 15) is 14.4 Å². The Kier molecular flexibility index (Phi) is 9.33. The number of aromatic nitrogens is 2. The molecule has 0 unspecified atom stereocenters. The van der Waals surface area contributed by atoms with E-state index in [1.165, 1.54) is 6.92 Å². The first kappa shape index (κ1) is 30.1. The van der Waals surface area contributed by atoms with Crippen molar-refractivity contribution < 1.29 is 19.1 Å². The maximum absolute atomic E-state index is 13.4. The predicted molar refractivity (Wildman–Crippen MR) is 161 cm³/mol. The molecule has 0 spiro atoms. The highest BCUT2D eigenvalue weighted by atomic mass is 35.5. The van der Waals surface area contributed by atoms with Crippen molar-refractivity contribution in [1.29, 1.82) is 0 Å². The monoisotopic (exact) mass is 576 g/mol. The van der Waals surface area contributed by atoms with Crippen LogP contribution >= 0.6 is 11.6 Å². The minimum absolute atomic E-state index is 0.0616. The zero-order valence-electron chi connectivity index (χ0n) is 24.5. The van der Waals surface area contributed by atoms with Crippen LogP contribution in [0, 0.1) is 27.7 Å². The lowest BCUT2D eigenvalue weighted by Crippen LogP contribution is -2.39. The van der Waals surface area contributed by atoms with Crippen LogP contribution in [0.2, 0.25) is 5.02 Å². The van der Waals surface area contributed by atoms with Gasteiger partial charge >= 0.3 is 0 Å². The summed E-state index contributed by atoms with van der Waals surface area (Å²) in [5, 5.41) is 10.6. The molecule has 2 N–H and O–H groups in total. The lowest BCUT2D eigenvalue weighted by molar-refractivity contribution is -0.125. The van der Waals surface area contributed by atoms with E-state index in [0.29, 0.717) is 31.4 Å². The molecule has 4 rings (SSSR count). The minimum atomic E-state index is -0.407. The van der Waals surface area contributed by atoms with E-state index >= 15 is 0 Å². The zero-order valence-corrected chi connectivity index (χ0v) is 25.3. The van der Waals surface area contributed by atoms with E-state index in [4.69, 9.17) is 16.3 Å². The van der Waals surface area contributed by atoms with Crippen LogP contribution in [0.15, 0.2) is 35.9 Å². The van der Waals surface area contributed by atoms with Gasteiger partial charge in [0, 0.05) is 35.3 Å². The predicted octanol–water partition coefficient (Wildman–Crippen LogP) is 4.96. The van der Waals surface area contributed by atoms with Gasteiger partial charge in [-0.25, -0.2) is 0 Å². The number of nitrogens with zero attached hydrogens (tertiary/aromatic N) is 2. The number of Topliss-reactive ketones (excluding diaryl/α,β-unsaturated/α-hetero) is 1. The van der Waals surface area contributed by atoms with Gasteiger partial charge in [-0.2, -0.15) is 5.10 Å². The third kappa shape index (κ3) is 6.70. The van der Waals surface area contributed by atoms with Crippen molar-refractivity contribution in [2.24, 2.45) is 7.05 Å². The lowest BCUT2D eigenvalue weighted by Gasteiger charge is -2.13. The Bertz CT molecular complexity index is 1530. The number of hydrogen-bond donors (Lipinski definition) is 2. The normalized spacial score (nSPS) is 12.4. The number of amides is 2. The summed E-state index contributed by atoms with van der Waals surface area (Å²) in [5.74, 6) is -0.0785. The molecule has 0 fully saturated rings. The molecule has 0 aliphatic heterocycles. The molecule has 8 nitrogen and oxygen atoms in total. The van der Waals surface area contributed by atoms with Crippen LogP contribution in [0.1, 0.15) is 53.4 Å². The maximum atomic E-state index is 13.4. The van der Waals surface area contributed by atoms with Crippen LogP contribution in [-0.2, 0) is 27.9 Å². The maximum Gasteiger partial charge on any atom is 0.248 e. The Morgan fingerprint density at radius 1 is 1.02 bits per heavy atom. The zero-order chi connectivity index (χ0) is 29.8. The first-order valence-corrected chi connectivity index (χ1v) is 14.1. The third-order valence-electron chi connectivity index (χ3n) is 7.47. The van der Waals surface area contributed by atoms with E-state index in [1.54, 1.807) is 0 Å². The van der Waals surface area contributed by atoms with Gasteiger partial charge in [-0.1, -0.05) is 29.8 Å². The van der Waals surface area contributed by atoms with E-state index in [1.807, 2.05) is 57.6 Å². The van der Waals surface area contributed by atoms with Gasteiger partial charge < -0.3 is 15.4 Å². The fourth-order valence-corrected chi connectivity index (χ4v) is 5.50. The fraction of sp³-hybridized carbons (Fsp3) is 0.375. The number of allylic oxidation sites excluding steroid dienone is 1. The Hall–Kier alpha value is -3.91. The van der Waals surface area contributed by atoms with Crippen molar-refractivity contribution in [3.8, 4) is 16.9 Å². The summed E-state index contributed by atoms with van der Waals surface area (Å²) >= 11 is 6.30. The van der Waals surface area contributed by atoms with Crippen LogP contribution in [0.25, 0.3) is 16.7 Å². The Balaban J connectivity index is 1.57. The molecule has 3 aromatic rings. The van der Waals surface area contributed by atoms with Crippen LogP contribution < -0.4 is 15.4 Å². The van der Waals surface area contributed by atoms with Crippen LogP contribution in [0.4, 0.5) is 0 Å². The molecule has 1 aromatic heterocycles. The molecule has 1 aliphatic carbocycles. The average molecular weight is 577 g/mol. The molecule has 2 aromatic carbocycles. The Morgan fingerprint density at radius 3 is 2.34 bits per heavy atom. The SMILES string of the molecule is CC(=O)CNC(=O)CNC(=O)C1=C(CCCOc2cc(C)c(Cl)c(C)c2)c2cccc(-c3c(C)nn(C)c3C)c2C1. The minimum Gasteiger partial charge on any atom is -0.494 e. The molecule has 2 amide bonds. The van der Waals surface area contributed by atoms with Crippen molar-refractivity contribution in [2.75, 3.05) is 19.7 Å². The van der Waals surface area contributed by atoms with Gasteiger partial charge in [-0.05, 0) is 93.0 Å². The van der Waals surface area contributed by atoms with Gasteiger partial charge in [0.25, 0.3) is 0 Å². The molecule has 9 heteroatoms. The van der Waals surface area contributed by atoms with Crippen molar-refractivity contribution in [1.82, 2.24) is 20.4 Å². The van der Waals surface area contributed by atoms with Gasteiger partial charge in [0.2, 0.25) is 11.8 Å². The number of carbonyl (C=O) groups is 3. The molecule has 216 valence electrons. The number of carbonyl (C=O) groups excluding carboxylic acids is 3. The van der Waals surface area contributed by atoms with Gasteiger partial charge in [0.1, 0.15) is 11.5 Å². The molecular formula is C32H37ClN4O4.